The van der Waals surface area contributed by atoms with Gasteiger partial charge in [-0.05, 0) is 37.8 Å². The van der Waals surface area contributed by atoms with Gasteiger partial charge in [0, 0.05) is 12.2 Å². The molecule has 3 unspecified atom stereocenters. The SMILES string of the molecule is CCN(C(=O)C1CC(C)CC1C(=O)O)c1ccccc1. The highest BCUT2D eigenvalue weighted by atomic mass is 16.4. The molecule has 1 saturated carbocycles. The van der Waals surface area contributed by atoms with Gasteiger partial charge in [0.15, 0.2) is 0 Å². The minimum absolute atomic E-state index is 0.0598. The van der Waals surface area contributed by atoms with Crippen molar-refractivity contribution in [2.24, 2.45) is 17.8 Å². The molecule has 108 valence electrons. The minimum Gasteiger partial charge on any atom is -0.481 e. The first-order valence-electron chi connectivity index (χ1n) is 7.13. The van der Waals surface area contributed by atoms with E-state index in [4.69, 9.17) is 0 Å². The van der Waals surface area contributed by atoms with Crippen LogP contribution in [0.2, 0.25) is 0 Å². The van der Waals surface area contributed by atoms with Crippen LogP contribution in [-0.4, -0.2) is 23.5 Å². The fourth-order valence-electron chi connectivity index (χ4n) is 3.11. The summed E-state index contributed by atoms with van der Waals surface area (Å²) in [6, 6.07) is 9.44. The Labute approximate surface area is 119 Å². The lowest BCUT2D eigenvalue weighted by molar-refractivity contribution is -0.145. The number of para-hydroxylation sites is 1. The van der Waals surface area contributed by atoms with Crippen LogP contribution in [0.5, 0.6) is 0 Å². The molecule has 0 aliphatic heterocycles. The summed E-state index contributed by atoms with van der Waals surface area (Å²) in [5, 5.41) is 9.30. The molecule has 20 heavy (non-hydrogen) atoms. The van der Waals surface area contributed by atoms with Crippen molar-refractivity contribution in [3.05, 3.63) is 30.3 Å². The molecular weight excluding hydrogens is 254 g/mol. The quantitative estimate of drug-likeness (QED) is 0.919. The van der Waals surface area contributed by atoms with Crippen molar-refractivity contribution in [3.8, 4) is 0 Å². The molecule has 1 fully saturated rings. The average molecular weight is 275 g/mol. The molecule has 0 aromatic heterocycles. The maximum absolute atomic E-state index is 12.7. The molecule has 3 atom stereocenters. The van der Waals surface area contributed by atoms with E-state index in [1.165, 1.54) is 0 Å². The Balaban J connectivity index is 2.22. The molecule has 1 aromatic rings. The van der Waals surface area contributed by atoms with Gasteiger partial charge < -0.3 is 10.0 Å². The predicted octanol–water partition coefficient (Wildman–Crippen LogP) is 2.79. The second kappa shape index (κ2) is 6.07. The number of nitrogens with zero attached hydrogens (tertiary/aromatic N) is 1. The van der Waals surface area contributed by atoms with Crippen LogP contribution >= 0.6 is 0 Å². The lowest BCUT2D eigenvalue weighted by atomic mass is 9.94. The number of aliphatic carboxylic acids is 1. The van der Waals surface area contributed by atoms with Gasteiger partial charge >= 0.3 is 5.97 Å². The molecule has 1 aliphatic carbocycles. The average Bonchev–Trinajstić information content (AvgIpc) is 2.83. The van der Waals surface area contributed by atoms with E-state index >= 15 is 0 Å². The molecule has 0 saturated heterocycles. The Morgan fingerprint density at radius 1 is 1.20 bits per heavy atom. The molecule has 0 bridgehead atoms. The lowest BCUT2D eigenvalue weighted by Gasteiger charge is -2.26. The Hall–Kier alpha value is -1.84. The van der Waals surface area contributed by atoms with Gasteiger partial charge in [0.25, 0.3) is 0 Å². The summed E-state index contributed by atoms with van der Waals surface area (Å²) >= 11 is 0. The van der Waals surface area contributed by atoms with E-state index < -0.39 is 17.8 Å². The van der Waals surface area contributed by atoms with Gasteiger partial charge in [0.05, 0.1) is 11.8 Å². The summed E-state index contributed by atoms with van der Waals surface area (Å²) in [5.41, 5.74) is 0.837. The second-order valence-corrected chi connectivity index (χ2v) is 5.55. The van der Waals surface area contributed by atoms with Crippen molar-refractivity contribution in [1.82, 2.24) is 0 Å². The van der Waals surface area contributed by atoms with E-state index in [1.54, 1.807) is 4.90 Å². The number of amides is 1. The molecule has 2 rings (SSSR count). The van der Waals surface area contributed by atoms with Gasteiger partial charge in [-0.25, -0.2) is 0 Å². The summed E-state index contributed by atoms with van der Waals surface area (Å²) in [6.45, 7) is 4.49. The largest absolute Gasteiger partial charge is 0.481 e. The maximum Gasteiger partial charge on any atom is 0.307 e. The first-order chi connectivity index (χ1) is 9.54. The molecule has 1 aromatic carbocycles. The highest BCUT2D eigenvalue weighted by molar-refractivity contribution is 5.97. The van der Waals surface area contributed by atoms with Crippen molar-refractivity contribution in [2.45, 2.75) is 26.7 Å². The topological polar surface area (TPSA) is 57.6 Å². The Kier molecular flexibility index (Phi) is 4.42. The van der Waals surface area contributed by atoms with E-state index in [0.717, 1.165) is 5.69 Å². The second-order valence-electron chi connectivity index (χ2n) is 5.55. The number of hydrogen-bond acceptors (Lipinski definition) is 2. The van der Waals surface area contributed by atoms with Gasteiger partial charge in [-0.3, -0.25) is 9.59 Å². The number of hydrogen-bond donors (Lipinski definition) is 1. The molecule has 0 heterocycles. The first kappa shape index (κ1) is 14.6. The van der Waals surface area contributed by atoms with E-state index in [0.29, 0.717) is 25.3 Å². The molecule has 1 N–H and O–H groups in total. The third kappa shape index (κ3) is 2.84. The molecule has 4 heteroatoms. The van der Waals surface area contributed by atoms with Gasteiger partial charge in [-0.2, -0.15) is 0 Å². The number of anilines is 1. The standard InChI is InChI=1S/C16H21NO3/c1-3-17(12-7-5-4-6-8-12)15(18)13-9-11(2)10-14(13)16(19)20/h4-8,11,13-14H,3,9-10H2,1-2H3,(H,19,20). The fourth-order valence-corrected chi connectivity index (χ4v) is 3.11. The lowest BCUT2D eigenvalue weighted by Crippen LogP contribution is -2.39. The van der Waals surface area contributed by atoms with Crippen LogP contribution in [0.1, 0.15) is 26.7 Å². The van der Waals surface area contributed by atoms with Crippen molar-refractivity contribution < 1.29 is 14.7 Å². The van der Waals surface area contributed by atoms with Crippen LogP contribution in [0.4, 0.5) is 5.69 Å². The highest BCUT2D eigenvalue weighted by Crippen LogP contribution is 2.38. The number of benzene rings is 1. The van der Waals surface area contributed by atoms with Crippen LogP contribution < -0.4 is 4.90 Å². The minimum atomic E-state index is -0.850. The highest BCUT2D eigenvalue weighted by Gasteiger charge is 2.42. The first-order valence-corrected chi connectivity index (χ1v) is 7.13. The zero-order chi connectivity index (χ0) is 14.7. The molecule has 4 nitrogen and oxygen atoms in total. The number of rotatable bonds is 4. The van der Waals surface area contributed by atoms with E-state index in [9.17, 15) is 14.7 Å². The van der Waals surface area contributed by atoms with Crippen molar-refractivity contribution in [1.29, 1.82) is 0 Å². The van der Waals surface area contributed by atoms with Crippen molar-refractivity contribution in [3.63, 3.8) is 0 Å². The van der Waals surface area contributed by atoms with Crippen LogP contribution in [-0.2, 0) is 9.59 Å². The summed E-state index contributed by atoms with van der Waals surface area (Å²) in [5.74, 6) is -1.57. The Bertz CT molecular complexity index is 486. The monoisotopic (exact) mass is 275 g/mol. The molecule has 0 spiro atoms. The van der Waals surface area contributed by atoms with Crippen LogP contribution in [0.15, 0.2) is 30.3 Å². The zero-order valence-electron chi connectivity index (χ0n) is 12.0. The van der Waals surface area contributed by atoms with Crippen molar-refractivity contribution >= 4 is 17.6 Å². The van der Waals surface area contributed by atoms with Crippen LogP contribution in [0.3, 0.4) is 0 Å². The van der Waals surface area contributed by atoms with E-state index in [-0.39, 0.29) is 5.91 Å². The zero-order valence-corrected chi connectivity index (χ0v) is 12.0. The normalized spacial score (nSPS) is 25.4. The summed E-state index contributed by atoms with van der Waals surface area (Å²) in [6.07, 6.45) is 1.26. The maximum atomic E-state index is 12.7. The fraction of sp³-hybridized carbons (Fsp3) is 0.500. The van der Waals surface area contributed by atoms with Gasteiger partial charge in [-0.15, -0.1) is 0 Å². The summed E-state index contributed by atoms with van der Waals surface area (Å²) in [4.78, 5) is 25.7. The van der Waals surface area contributed by atoms with E-state index in [2.05, 4.69) is 0 Å². The molecule has 1 amide bonds. The summed E-state index contributed by atoms with van der Waals surface area (Å²) in [7, 11) is 0. The third-order valence-electron chi connectivity index (χ3n) is 4.08. The van der Waals surface area contributed by atoms with Gasteiger partial charge in [-0.1, -0.05) is 25.1 Å². The molecule has 0 radical (unpaired) electrons. The number of carboxylic acids is 1. The Morgan fingerprint density at radius 2 is 1.80 bits per heavy atom. The van der Waals surface area contributed by atoms with Gasteiger partial charge in [0.2, 0.25) is 5.91 Å². The van der Waals surface area contributed by atoms with Crippen LogP contribution in [0.25, 0.3) is 0 Å². The van der Waals surface area contributed by atoms with E-state index in [1.807, 2.05) is 44.2 Å². The van der Waals surface area contributed by atoms with Crippen LogP contribution in [0, 0.1) is 17.8 Å². The smallest absolute Gasteiger partial charge is 0.307 e. The molecule has 1 aliphatic rings. The number of carbonyl (C=O) groups excluding carboxylic acids is 1. The van der Waals surface area contributed by atoms with Crippen molar-refractivity contribution in [2.75, 3.05) is 11.4 Å². The predicted molar refractivity (Wildman–Crippen MR) is 77.5 cm³/mol. The van der Waals surface area contributed by atoms with Gasteiger partial charge in [0.1, 0.15) is 0 Å². The number of carboxylic acid groups (broad SMARTS) is 1. The third-order valence-corrected chi connectivity index (χ3v) is 4.08. The molecular formula is C16H21NO3. The summed E-state index contributed by atoms with van der Waals surface area (Å²) < 4.78 is 0. The number of carbonyl (C=O) groups is 2. The Morgan fingerprint density at radius 3 is 2.35 bits per heavy atom.